The van der Waals surface area contributed by atoms with Gasteiger partial charge in [-0.3, -0.25) is 4.79 Å². The molecule has 14 heavy (non-hydrogen) atoms. The lowest BCUT2D eigenvalue weighted by Gasteiger charge is -2.09. The molecule has 0 aromatic carbocycles. The Labute approximate surface area is 88.6 Å². The smallest absolute Gasteiger partial charge is 0.220 e. The number of aromatic nitrogens is 1. The molecule has 0 aliphatic carbocycles. The van der Waals surface area contributed by atoms with E-state index in [1.54, 1.807) is 17.5 Å². The van der Waals surface area contributed by atoms with Crippen LogP contribution in [-0.4, -0.2) is 17.4 Å². The largest absolute Gasteiger partial charge is 0.355 e. The number of nitrogens with one attached hydrogen (secondary N) is 1. The number of rotatable bonds is 5. The standard InChI is InChI=1S/C10H16N2OS/c1-3-4-9(13)12-7-8(2)10-11-5-6-14-10/h5-6,8H,3-4,7H2,1-2H3,(H,12,13). The van der Waals surface area contributed by atoms with Gasteiger partial charge in [-0.15, -0.1) is 11.3 Å². The Bertz CT molecular complexity index is 272. The molecule has 0 fully saturated rings. The van der Waals surface area contributed by atoms with Gasteiger partial charge in [0, 0.05) is 30.5 Å². The van der Waals surface area contributed by atoms with Crippen LogP contribution in [0.15, 0.2) is 11.6 Å². The molecule has 1 unspecified atom stereocenters. The zero-order chi connectivity index (χ0) is 10.4. The summed E-state index contributed by atoms with van der Waals surface area (Å²) in [6.45, 7) is 4.77. The van der Waals surface area contributed by atoms with Crippen LogP contribution in [0, 0.1) is 0 Å². The third kappa shape index (κ3) is 3.46. The average Bonchev–Trinajstić information content (AvgIpc) is 2.67. The highest BCUT2D eigenvalue weighted by atomic mass is 32.1. The molecule has 0 bridgehead atoms. The summed E-state index contributed by atoms with van der Waals surface area (Å²) in [7, 11) is 0. The van der Waals surface area contributed by atoms with E-state index in [0.717, 1.165) is 11.4 Å². The first-order valence-electron chi connectivity index (χ1n) is 4.90. The predicted molar refractivity (Wildman–Crippen MR) is 58.4 cm³/mol. The van der Waals surface area contributed by atoms with Crippen molar-refractivity contribution in [3.63, 3.8) is 0 Å². The number of carbonyl (C=O) groups is 1. The fourth-order valence-corrected chi connectivity index (χ4v) is 1.85. The Kier molecular flexibility index (Phi) is 4.59. The van der Waals surface area contributed by atoms with E-state index in [-0.39, 0.29) is 5.91 Å². The quantitative estimate of drug-likeness (QED) is 0.812. The molecule has 0 radical (unpaired) electrons. The molecule has 1 rings (SSSR count). The molecule has 0 spiro atoms. The normalized spacial score (nSPS) is 12.4. The number of nitrogens with zero attached hydrogens (tertiary/aromatic N) is 1. The Balaban J connectivity index is 2.28. The van der Waals surface area contributed by atoms with E-state index in [4.69, 9.17) is 0 Å². The first-order valence-corrected chi connectivity index (χ1v) is 5.78. The topological polar surface area (TPSA) is 42.0 Å². The zero-order valence-corrected chi connectivity index (χ0v) is 9.43. The maximum absolute atomic E-state index is 11.2. The van der Waals surface area contributed by atoms with Crippen LogP contribution in [-0.2, 0) is 4.79 Å². The number of thiazole rings is 1. The first kappa shape index (κ1) is 11.2. The minimum Gasteiger partial charge on any atom is -0.355 e. The average molecular weight is 212 g/mol. The third-order valence-electron chi connectivity index (χ3n) is 1.96. The van der Waals surface area contributed by atoms with Gasteiger partial charge < -0.3 is 5.32 Å². The highest BCUT2D eigenvalue weighted by molar-refractivity contribution is 7.09. The van der Waals surface area contributed by atoms with Crippen LogP contribution in [0.5, 0.6) is 0 Å². The third-order valence-corrected chi connectivity index (χ3v) is 2.96. The van der Waals surface area contributed by atoms with Gasteiger partial charge in [-0.05, 0) is 6.42 Å². The zero-order valence-electron chi connectivity index (χ0n) is 8.62. The van der Waals surface area contributed by atoms with Gasteiger partial charge in [-0.25, -0.2) is 4.98 Å². The van der Waals surface area contributed by atoms with Crippen molar-refractivity contribution in [2.75, 3.05) is 6.54 Å². The van der Waals surface area contributed by atoms with Crippen LogP contribution < -0.4 is 5.32 Å². The summed E-state index contributed by atoms with van der Waals surface area (Å²) in [5, 5.41) is 5.94. The Morgan fingerprint density at radius 1 is 1.71 bits per heavy atom. The summed E-state index contributed by atoms with van der Waals surface area (Å²) in [5.41, 5.74) is 0. The minimum atomic E-state index is 0.135. The number of amides is 1. The lowest BCUT2D eigenvalue weighted by Crippen LogP contribution is -2.26. The van der Waals surface area contributed by atoms with E-state index in [2.05, 4.69) is 17.2 Å². The summed E-state index contributed by atoms with van der Waals surface area (Å²) < 4.78 is 0. The van der Waals surface area contributed by atoms with Gasteiger partial charge in [-0.2, -0.15) is 0 Å². The Morgan fingerprint density at radius 2 is 2.50 bits per heavy atom. The SMILES string of the molecule is CCCC(=O)NCC(C)c1nccs1. The van der Waals surface area contributed by atoms with Gasteiger partial charge in [0.2, 0.25) is 5.91 Å². The van der Waals surface area contributed by atoms with Crippen molar-refractivity contribution in [1.82, 2.24) is 10.3 Å². The second kappa shape index (κ2) is 5.75. The van der Waals surface area contributed by atoms with Crippen molar-refractivity contribution >= 4 is 17.2 Å². The van der Waals surface area contributed by atoms with Gasteiger partial charge in [0.25, 0.3) is 0 Å². The van der Waals surface area contributed by atoms with E-state index in [1.807, 2.05) is 12.3 Å². The molecule has 78 valence electrons. The van der Waals surface area contributed by atoms with Crippen LogP contribution in [0.25, 0.3) is 0 Å². The Morgan fingerprint density at radius 3 is 3.07 bits per heavy atom. The maximum atomic E-state index is 11.2. The molecular formula is C10H16N2OS. The highest BCUT2D eigenvalue weighted by Crippen LogP contribution is 2.16. The molecule has 3 nitrogen and oxygen atoms in total. The van der Waals surface area contributed by atoms with Gasteiger partial charge in [0.1, 0.15) is 0 Å². The van der Waals surface area contributed by atoms with Crippen LogP contribution in [0.4, 0.5) is 0 Å². The maximum Gasteiger partial charge on any atom is 0.220 e. The molecule has 0 saturated carbocycles. The Hall–Kier alpha value is -0.900. The van der Waals surface area contributed by atoms with Crippen molar-refractivity contribution in [2.24, 2.45) is 0 Å². The molecule has 1 atom stereocenters. The van der Waals surface area contributed by atoms with E-state index >= 15 is 0 Å². The van der Waals surface area contributed by atoms with E-state index in [0.29, 0.717) is 18.9 Å². The van der Waals surface area contributed by atoms with E-state index < -0.39 is 0 Å². The molecule has 0 saturated heterocycles. The van der Waals surface area contributed by atoms with Crippen molar-refractivity contribution in [3.05, 3.63) is 16.6 Å². The minimum absolute atomic E-state index is 0.135. The monoisotopic (exact) mass is 212 g/mol. The lowest BCUT2D eigenvalue weighted by molar-refractivity contribution is -0.121. The second-order valence-electron chi connectivity index (χ2n) is 3.33. The fourth-order valence-electron chi connectivity index (χ4n) is 1.15. The highest BCUT2D eigenvalue weighted by Gasteiger charge is 2.08. The van der Waals surface area contributed by atoms with Crippen LogP contribution >= 0.6 is 11.3 Å². The summed E-state index contributed by atoms with van der Waals surface area (Å²) in [6, 6.07) is 0. The predicted octanol–water partition coefficient (Wildman–Crippen LogP) is 2.16. The molecule has 4 heteroatoms. The summed E-state index contributed by atoms with van der Waals surface area (Å²) in [5.74, 6) is 0.451. The molecule has 1 aromatic heterocycles. The molecule has 0 aliphatic rings. The first-order chi connectivity index (χ1) is 6.74. The molecular weight excluding hydrogens is 196 g/mol. The molecule has 1 heterocycles. The van der Waals surface area contributed by atoms with Gasteiger partial charge in [0.05, 0.1) is 5.01 Å². The summed E-state index contributed by atoms with van der Waals surface area (Å²) in [6.07, 6.45) is 3.31. The van der Waals surface area contributed by atoms with Crippen molar-refractivity contribution in [2.45, 2.75) is 32.6 Å². The van der Waals surface area contributed by atoms with Gasteiger partial charge in [0.15, 0.2) is 0 Å². The molecule has 0 aliphatic heterocycles. The van der Waals surface area contributed by atoms with Crippen molar-refractivity contribution in [1.29, 1.82) is 0 Å². The summed E-state index contributed by atoms with van der Waals surface area (Å²) >= 11 is 1.63. The molecule has 1 amide bonds. The van der Waals surface area contributed by atoms with Crippen molar-refractivity contribution < 1.29 is 4.79 Å². The number of carbonyl (C=O) groups excluding carboxylic acids is 1. The van der Waals surface area contributed by atoms with E-state index in [1.165, 1.54) is 0 Å². The van der Waals surface area contributed by atoms with Crippen molar-refractivity contribution in [3.8, 4) is 0 Å². The van der Waals surface area contributed by atoms with Gasteiger partial charge >= 0.3 is 0 Å². The van der Waals surface area contributed by atoms with Crippen LogP contribution in [0.3, 0.4) is 0 Å². The second-order valence-corrected chi connectivity index (χ2v) is 4.25. The molecule has 1 aromatic rings. The van der Waals surface area contributed by atoms with Crippen LogP contribution in [0.1, 0.15) is 37.6 Å². The molecule has 1 N–H and O–H groups in total. The van der Waals surface area contributed by atoms with Gasteiger partial charge in [-0.1, -0.05) is 13.8 Å². The number of hydrogen-bond acceptors (Lipinski definition) is 3. The number of hydrogen-bond donors (Lipinski definition) is 1. The summed E-state index contributed by atoms with van der Waals surface area (Å²) in [4.78, 5) is 15.4. The lowest BCUT2D eigenvalue weighted by atomic mass is 10.2. The fraction of sp³-hybridized carbons (Fsp3) is 0.600. The van der Waals surface area contributed by atoms with E-state index in [9.17, 15) is 4.79 Å². The van der Waals surface area contributed by atoms with Crippen LogP contribution in [0.2, 0.25) is 0 Å².